The molecule has 0 bridgehead atoms. The number of halogens is 1. The predicted molar refractivity (Wildman–Crippen MR) is 87.4 cm³/mol. The van der Waals surface area contributed by atoms with E-state index in [1.807, 2.05) is 6.92 Å². The normalized spacial score (nSPS) is 10.1. The molecule has 7 nitrogen and oxygen atoms in total. The number of nitrogens with zero attached hydrogens (tertiary/aromatic N) is 3. The van der Waals surface area contributed by atoms with Gasteiger partial charge in [0, 0.05) is 31.9 Å². The molecule has 0 spiro atoms. The Morgan fingerprint density at radius 3 is 2.48 bits per heavy atom. The second-order valence-corrected chi connectivity index (χ2v) is 5.12. The van der Waals surface area contributed by atoms with Gasteiger partial charge in [0.1, 0.15) is 5.75 Å². The molecule has 2 amide bonds. The molecule has 122 valence electrons. The van der Waals surface area contributed by atoms with E-state index in [4.69, 9.17) is 21.1 Å². The first-order valence-corrected chi connectivity index (χ1v) is 7.29. The molecule has 0 saturated heterocycles. The number of urea groups is 1. The Balaban J connectivity index is 2.07. The van der Waals surface area contributed by atoms with Crippen molar-refractivity contribution in [3.63, 3.8) is 0 Å². The Morgan fingerprint density at radius 2 is 1.91 bits per heavy atom. The van der Waals surface area contributed by atoms with Crippen LogP contribution in [0.2, 0.25) is 5.02 Å². The van der Waals surface area contributed by atoms with E-state index < -0.39 is 0 Å². The highest BCUT2D eigenvalue weighted by Gasteiger charge is 2.09. The summed E-state index contributed by atoms with van der Waals surface area (Å²) < 4.78 is 10.8. The molecule has 0 atom stereocenters. The molecule has 2 aromatic rings. The van der Waals surface area contributed by atoms with Gasteiger partial charge in [0.15, 0.2) is 0 Å². The first kappa shape index (κ1) is 16.8. The molecule has 0 aliphatic heterocycles. The molecule has 2 rings (SSSR count). The van der Waals surface area contributed by atoms with Crippen molar-refractivity contribution in [1.29, 1.82) is 0 Å². The summed E-state index contributed by atoms with van der Waals surface area (Å²) in [6.07, 6.45) is 0. The topological polar surface area (TPSA) is 76.6 Å². The van der Waals surface area contributed by atoms with E-state index in [9.17, 15) is 4.79 Å². The van der Waals surface area contributed by atoms with E-state index in [0.717, 1.165) is 0 Å². The number of nitrogens with one attached hydrogen (secondary N) is 1. The van der Waals surface area contributed by atoms with Crippen molar-refractivity contribution in [1.82, 2.24) is 15.1 Å². The highest BCUT2D eigenvalue weighted by molar-refractivity contribution is 6.32. The Kier molecular flexibility index (Phi) is 5.59. The Morgan fingerprint density at radius 1 is 1.22 bits per heavy atom. The quantitative estimate of drug-likeness (QED) is 0.905. The van der Waals surface area contributed by atoms with Gasteiger partial charge in [0.25, 0.3) is 0 Å². The Hall–Kier alpha value is -2.54. The molecule has 1 N–H and O–H groups in total. The lowest BCUT2D eigenvalue weighted by Crippen LogP contribution is -2.27. The van der Waals surface area contributed by atoms with Crippen LogP contribution in [-0.4, -0.2) is 41.8 Å². The predicted octanol–water partition coefficient (Wildman–Crippen LogP) is 3.41. The van der Waals surface area contributed by atoms with Crippen molar-refractivity contribution in [3.8, 4) is 17.5 Å². The molecule has 0 aliphatic rings. The van der Waals surface area contributed by atoms with E-state index in [2.05, 4.69) is 15.5 Å². The van der Waals surface area contributed by atoms with Crippen molar-refractivity contribution < 1.29 is 14.3 Å². The van der Waals surface area contributed by atoms with Crippen LogP contribution in [0.5, 0.6) is 17.5 Å². The SMILES string of the molecule is CCOc1ccc(Oc2ccc(NC(=O)N(C)C)cc2Cl)nn1. The first-order valence-electron chi connectivity index (χ1n) is 6.92. The van der Waals surface area contributed by atoms with Gasteiger partial charge >= 0.3 is 6.03 Å². The lowest BCUT2D eigenvalue weighted by molar-refractivity contribution is 0.230. The zero-order valence-corrected chi connectivity index (χ0v) is 13.8. The summed E-state index contributed by atoms with van der Waals surface area (Å²) in [6, 6.07) is 7.98. The number of hydrogen-bond donors (Lipinski definition) is 1. The monoisotopic (exact) mass is 336 g/mol. The van der Waals surface area contributed by atoms with Crippen molar-refractivity contribution in [2.24, 2.45) is 0 Å². The maximum atomic E-state index is 11.6. The fraction of sp³-hybridized carbons (Fsp3) is 0.267. The van der Waals surface area contributed by atoms with Crippen LogP contribution in [-0.2, 0) is 0 Å². The largest absolute Gasteiger partial charge is 0.477 e. The van der Waals surface area contributed by atoms with Gasteiger partial charge in [-0.25, -0.2) is 4.79 Å². The summed E-state index contributed by atoms with van der Waals surface area (Å²) in [4.78, 5) is 13.0. The lowest BCUT2D eigenvalue weighted by atomic mass is 10.3. The third-order valence-corrected chi connectivity index (χ3v) is 3.01. The fourth-order valence-electron chi connectivity index (χ4n) is 1.60. The summed E-state index contributed by atoms with van der Waals surface area (Å²) in [5.74, 6) is 1.13. The average Bonchev–Trinajstić information content (AvgIpc) is 2.52. The molecular formula is C15H17ClN4O3. The van der Waals surface area contributed by atoms with Crippen LogP contribution in [0.3, 0.4) is 0 Å². The number of amides is 2. The van der Waals surface area contributed by atoms with E-state index >= 15 is 0 Å². The molecule has 0 aliphatic carbocycles. The summed E-state index contributed by atoms with van der Waals surface area (Å²) in [5.41, 5.74) is 0.568. The number of carbonyl (C=O) groups is 1. The molecule has 23 heavy (non-hydrogen) atoms. The van der Waals surface area contributed by atoms with Crippen LogP contribution in [0, 0.1) is 0 Å². The van der Waals surface area contributed by atoms with Crippen molar-refractivity contribution >= 4 is 23.3 Å². The van der Waals surface area contributed by atoms with Gasteiger partial charge in [0.05, 0.1) is 11.6 Å². The van der Waals surface area contributed by atoms with Crippen LogP contribution in [0.25, 0.3) is 0 Å². The lowest BCUT2D eigenvalue weighted by Gasteiger charge is -2.13. The minimum absolute atomic E-state index is 0.243. The number of carbonyl (C=O) groups excluding carboxylic acids is 1. The van der Waals surface area contributed by atoms with Gasteiger partial charge in [-0.2, -0.15) is 0 Å². The second kappa shape index (κ2) is 7.64. The van der Waals surface area contributed by atoms with Gasteiger partial charge in [-0.3, -0.25) is 0 Å². The number of anilines is 1. The van der Waals surface area contributed by atoms with E-state index in [-0.39, 0.29) is 6.03 Å². The van der Waals surface area contributed by atoms with E-state index in [1.54, 1.807) is 44.4 Å². The molecule has 0 fully saturated rings. The minimum atomic E-state index is -0.243. The van der Waals surface area contributed by atoms with Gasteiger partial charge in [-0.1, -0.05) is 11.6 Å². The number of ether oxygens (including phenoxy) is 2. The third-order valence-electron chi connectivity index (χ3n) is 2.71. The highest BCUT2D eigenvalue weighted by atomic mass is 35.5. The number of rotatable bonds is 5. The van der Waals surface area contributed by atoms with Gasteiger partial charge in [0.2, 0.25) is 11.8 Å². The average molecular weight is 337 g/mol. The van der Waals surface area contributed by atoms with Crippen LogP contribution >= 0.6 is 11.6 Å². The van der Waals surface area contributed by atoms with Gasteiger partial charge in [-0.05, 0) is 25.1 Å². The zero-order chi connectivity index (χ0) is 16.8. The van der Waals surface area contributed by atoms with Crippen LogP contribution in [0.15, 0.2) is 30.3 Å². The molecule has 0 saturated carbocycles. The molecule has 1 aromatic heterocycles. The van der Waals surface area contributed by atoms with Crippen molar-refractivity contribution in [3.05, 3.63) is 35.4 Å². The summed E-state index contributed by atoms with van der Waals surface area (Å²) in [7, 11) is 3.30. The molecule has 1 aromatic carbocycles. The summed E-state index contributed by atoms with van der Waals surface area (Å²) in [5, 5.41) is 10.8. The number of aromatic nitrogens is 2. The van der Waals surface area contributed by atoms with Gasteiger partial charge in [-0.15, -0.1) is 10.2 Å². The first-order chi connectivity index (χ1) is 11.0. The Labute approximate surface area is 139 Å². The molecule has 0 unspecified atom stereocenters. The highest BCUT2D eigenvalue weighted by Crippen LogP contribution is 2.31. The smallest absolute Gasteiger partial charge is 0.321 e. The maximum Gasteiger partial charge on any atom is 0.321 e. The number of benzene rings is 1. The fourth-order valence-corrected chi connectivity index (χ4v) is 1.82. The standard InChI is InChI=1S/C15H17ClN4O3/c1-4-22-13-7-8-14(19-18-13)23-12-6-5-10(9-11(12)16)17-15(21)20(2)3/h5-9H,4H2,1-3H3,(H,17,21). The maximum absolute atomic E-state index is 11.6. The second-order valence-electron chi connectivity index (χ2n) is 4.71. The molecular weight excluding hydrogens is 320 g/mol. The van der Waals surface area contributed by atoms with Crippen molar-refractivity contribution in [2.45, 2.75) is 6.92 Å². The van der Waals surface area contributed by atoms with Crippen LogP contribution in [0.1, 0.15) is 6.92 Å². The zero-order valence-electron chi connectivity index (χ0n) is 13.0. The van der Waals surface area contributed by atoms with Crippen LogP contribution in [0.4, 0.5) is 10.5 Å². The molecule has 0 radical (unpaired) electrons. The molecule has 8 heteroatoms. The Bertz CT molecular complexity index is 677. The third kappa shape index (κ3) is 4.72. The van der Waals surface area contributed by atoms with Crippen LogP contribution < -0.4 is 14.8 Å². The van der Waals surface area contributed by atoms with E-state index in [1.165, 1.54) is 4.90 Å². The summed E-state index contributed by atoms with van der Waals surface area (Å²) >= 11 is 6.16. The van der Waals surface area contributed by atoms with Gasteiger partial charge < -0.3 is 19.7 Å². The van der Waals surface area contributed by atoms with E-state index in [0.29, 0.717) is 34.8 Å². The summed E-state index contributed by atoms with van der Waals surface area (Å²) in [6.45, 7) is 2.38. The molecule has 1 heterocycles. The minimum Gasteiger partial charge on any atom is -0.477 e. The number of hydrogen-bond acceptors (Lipinski definition) is 5. The van der Waals surface area contributed by atoms with Crippen molar-refractivity contribution in [2.75, 3.05) is 26.0 Å².